The molecule has 0 aromatic heterocycles. The normalized spacial score (nSPS) is 12.9. The summed E-state index contributed by atoms with van der Waals surface area (Å²) in [6.07, 6.45) is 3.41. The van der Waals surface area contributed by atoms with Gasteiger partial charge in [-0.15, -0.1) is 0 Å². The molecule has 0 bridgehead atoms. The lowest BCUT2D eigenvalue weighted by atomic mass is 9.84. The van der Waals surface area contributed by atoms with Gasteiger partial charge in [0.15, 0.2) is 11.6 Å². The summed E-state index contributed by atoms with van der Waals surface area (Å²) in [5, 5.41) is 11.1. The second kappa shape index (κ2) is 25.8. The zero-order valence-corrected chi connectivity index (χ0v) is 36.6. The van der Waals surface area contributed by atoms with E-state index in [1.165, 1.54) is 4.90 Å². The third kappa shape index (κ3) is 20.1. The van der Waals surface area contributed by atoms with Crippen LogP contribution in [-0.2, 0) is 40.1 Å². The number of Topliss-reactive ketones (excluding diaryl/α,β-unsaturated/α-hetero) is 3. The molecule has 320 valence electrons. The van der Waals surface area contributed by atoms with Gasteiger partial charge in [-0.25, -0.2) is 9.59 Å². The lowest BCUT2D eigenvalue weighted by Crippen LogP contribution is -2.51. The minimum absolute atomic E-state index is 0.0339. The minimum Gasteiger partial charge on any atom is -0.445 e. The summed E-state index contributed by atoms with van der Waals surface area (Å²) in [7, 11) is 3.27. The van der Waals surface area contributed by atoms with E-state index in [0.29, 0.717) is 35.8 Å². The van der Waals surface area contributed by atoms with Gasteiger partial charge in [-0.05, 0) is 69.1 Å². The first-order valence-electron chi connectivity index (χ1n) is 19.7. The second-order valence-corrected chi connectivity index (χ2v) is 16.5. The van der Waals surface area contributed by atoms with Gasteiger partial charge in [-0.3, -0.25) is 28.8 Å². The number of hydrogen-bond acceptors (Lipinski definition) is 9. The molecule has 6 N–H and O–H groups in total. The molecule has 0 saturated heterocycles. The smallest absolute Gasteiger partial charge is 0.408 e. The summed E-state index contributed by atoms with van der Waals surface area (Å²) >= 11 is 3.15. The first-order chi connectivity index (χ1) is 26.7. The predicted octanol–water partition coefficient (Wildman–Crippen LogP) is 5.42. The van der Waals surface area contributed by atoms with E-state index in [0.717, 1.165) is 19.3 Å². The Bertz CT molecular complexity index is 1510. The highest BCUT2D eigenvalue weighted by atomic mass is 79.9. The standard InChI is InChI=1S/C41H65BrN6O9/c1-26(2)32(38(54)48(7)8)23-34(51)41(5,6)47-40(56)57-25-28-17-19-30(20-18-28)45-37(53)29(14-13-21-44-39(43)55)22-33(50)36(27(3)4)46-35(52)16-12-10-9-11-15-31(49)24-42/h17-20,26-27,29,32,36H,9-16,21-25H2,1-8H3,(H,45,53)(H,46,52)(H,47,56)(H3,43,44,55)/t29-,32+,36+/m1/s1. The highest BCUT2D eigenvalue weighted by Gasteiger charge is 2.35. The number of rotatable bonds is 27. The lowest BCUT2D eigenvalue weighted by molar-refractivity contribution is -0.138. The van der Waals surface area contributed by atoms with Crippen LogP contribution < -0.4 is 27.0 Å². The van der Waals surface area contributed by atoms with Crippen molar-refractivity contribution in [1.82, 2.24) is 20.9 Å². The summed E-state index contributed by atoms with van der Waals surface area (Å²) in [6.45, 7) is 10.6. The Morgan fingerprint density at radius 2 is 1.46 bits per heavy atom. The zero-order chi connectivity index (χ0) is 43.3. The van der Waals surface area contributed by atoms with Gasteiger partial charge in [0.1, 0.15) is 12.4 Å². The van der Waals surface area contributed by atoms with Crippen LogP contribution in [-0.4, -0.2) is 89.6 Å². The second-order valence-electron chi connectivity index (χ2n) is 15.9. The Morgan fingerprint density at radius 1 is 0.842 bits per heavy atom. The average Bonchev–Trinajstić information content (AvgIpc) is 3.13. The molecule has 0 aliphatic rings. The van der Waals surface area contributed by atoms with Crippen molar-refractivity contribution in [2.24, 2.45) is 29.4 Å². The molecule has 57 heavy (non-hydrogen) atoms. The Labute approximate surface area is 346 Å². The maximum Gasteiger partial charge on any atom is 0.408 e. The number of carbonyl (C=O) groups is 8. The monoisotopic (exact) mass is 864 g/mol. The van der Waals surface area contributed by atoms with Crippen molar-refractivity contribution in [3.63, 3.8) is 0 Å². The van der Waals surface area contributed by atoms with Crippen LogP contribution in [0.4, 0.5) is 15.3 Å². The van der Waals surface area contributed by atoms with Crippen LogP contribution in [0.15, 0.2) is 24.3 Å². The molecule has 0 aliphatic carbocycles. The minimum atomic E-state index is -1.28. The van der Waals surface area contributed by atoms with E-state index in [9.17, 15) is 38.4 Å². The van der Waals surface area contributed by atoms with Crippen LogP contribution in [0, 0.1) is 23.7 Å². The Hall–Kier alpha value is -4.34. The third-order valence-corrected chi connectivity index (χ3v) is 10.2. The van der Waals surface area contributed by atoms with Crippen molar-refractivity contribution in [3.05, 3.63) is 29.8 Å². The van der Waals surface area contributed by atoms with Gasteiger partial charge in [0, 0.05) is 63.8 Å². The van der Waals surface area contributed by atoms with Gasteiger partial charge in [0.2, 0.25) is 17.7 Å². The molecule has 3 atom stereocenters. The van der Waals surface area contributed by atoms with E-state index >= 15 is 0 Å². The highest BCUT2D eigenvalue weighted by molar-refractivity contribution is 9.09. The molecule has 6 amide bonds. The van der Waals surface area contributed by atoms with Gasteiger partial charge in [0.25, 0.3) is 0 Å². The number of urea groups is 1. The molecule has 0 heterocycles. The molecule has 0 fully saturated rings. The Morgan fingerprint density at radius 3 is 2.00 bits per heavy atom. The molecule has 16 heteroatoms. The molecular weight excluding hydrogens is 800 g/mol. The zero-order valence-electron chi connectivity index (χ0n) is 35.0. The van der Waals surface area contributed by atoms with Crippen LogP contribution in [0.25, 0.3) is 0 Å². The van der Waals surface area contributed by atoms with Crippen LogP contribution >= 0.6 is 15.9 Å². The first kappa shape index (κ1) is 50.7. The van der Waals surface area contributed by atoms with Crippen molar-refractivity contribution in [2.45, 2.75) is 124 Å². The van der Waals surface area contributed by atoms with E-state index in [4.69, 9.17) is 10.5 Å². The largest absolute Gasteiger partial charge is 0.445 e. The number of benzene rings is 1. The summed E-state index contributed by atoms with van der Waals surface area (Å²) in [5.74, 6) is -2.87. The number of amides is 6. The molecule has 15 nitrogen and oxygen atoms in total. The third-order valence-electron chi connectivity index (χ3n) is 9.61. The number of unbranched alkanes of at least 4 members (excludes halogenated alkanes) is 3. The van der Waals surface area contributed by atoms with E-state index in [2.05, 4.69) is 37.2 Å². The molecule has 1 rings (SSSR count). The number of ketones is 3. The summed E-state index contributed by atoms with van der Waals surface area (Å²) in [5.41, 5.74) is 4.94. The van der Waals surface area contributed by atoms with Crippen molar-refractivity contribution < 1.29 is 43.1 Å². The van der Waals surface area contributed by atoms with Gasteiger partial charge in [0.05, 0.1) is 16.9 Å². The molecule has 0 saturated carbocycles. The fraction of sp³-hybridized carbons (Fsp3) is 0.659. The number of primary amides is 1. The Kier molecular flexibility index (Phi) is 23.0. The molecule has 0 unspecified atom stereocenters. The van der Waals surface area contributed by atoms with Gasteiger partial charge < -0.3 is 36.6 Å². The van der Waals surface area contributed by atoms with E-state index in [1.807, 2.05) is 27.7 Å². The van der Waals surface area contributed by atoms with Crippen LogP contribution in [0.2, 0.25) is 0 Å². The number of nitrogens with two attached hydrogens (primary N) is 1. The molecule has 1 aromatic rings. The molecule has 0 aliphatic heterocycles. The lowest BCUT2D eigenvalue weighted by Gasteiger charge is -2.29. The fourth-order valence-corrected chi connectivity index (χ4v) is 6.26. The van der Waals surface area contributed by atoms with Crippen LogP contribution in [0.1, 0.15) is 111 Å². The van der Waals surface area contributed by atoms with E-state index in [1.54, 1.807) is 52.2 Å². The number of alkyl carbamates (subject to hydrolysis) is 1. The van der Waals surface area contributed by atoms with Crippen LogP contribution in [0.3, 0.4) is 0 Å². The number of alkyl halides is 1. The van der Waals surface area contributed by atoms with Gasteiger partial charge >= 0.3 is 12.1 Å². The van der Waals surface area contributed by atoms with Crippen molar-refractivity contribution in [3.8, 4) is 0 Å². The Balaban J connectivity index is 2.85. The van der Waals surface area contributed by atoms with E-state index < -0.39 is 41.4 Å². The van der Waals surface area contributed by atoms with Crippen molar-refractivity contribution in [1.29, 1.82) is 0 Å². The maximum atomic E-state index is 13.6. The topological polar surface area (TPSA) is 223 Å². The fourth-order valence-electron chi connectivity index (χ4n) is 5.98. The number of hydrogen-bond donors (Lipinski definition) is 5. The van der Waals surface area contributed by atoms with Crippen LogP contribution in [0.5, 0.6) is 0 Å². The summed E-state index contributed by atoms with van der Waals surface area (Å²) < 4.78 is 5.36. The highest BCUT2D eigenvalue weighted by Crippen LogP contribution is 2.23. The summed E-state index contributed by atoms with van der Waals surface area (Å²) in [4.78, 5) is 102. The van der Waals surface area contributed by atoms with Crippen molar-refractivity contribution in [2.75, 3.05) is 31.3 Å². The number of ether oxygens (including phenoxy) is 1. The predicted molar refractivity (Wildman–Crippen MR) is 222 cm³/mol. The van der Waals surface area contributed by atoms with E-state index in [-0.39, 0.29) is 79.8 Å². The number of nitrogens with one attached hydrogen (secondary N) is 4. The number of anilines is 1. The van der Waals surface area contributed by atoms with Gasteiger partial charge in [-0.1, -0.05) is 68.6 Å². The molecule has 1 aromatic carbocycles. The number of carbonyl (C=O) groups excluding carboxylic acids is 8. The number of halogens is 1. The van der Waals surface area contributed by atoms with Gasteiger partial charge in [-0.2, -0.15) is 0 Å². The quantitative estimate of drug-likeness (QED) is 0.0562. The molecular formula is C41H65BrN6O9. The SMILES string of the molecule is CC(C)[C@H](CC(=O)C(C)(C)NC(=O)OCc1ccc(NC(=O)[C@H](CCCNC(N)=O)CC(=O)[C@@H](NC(=O)CCCCCCC(=O)CBr)C(C)C)cc1)C(=O)N(C)C. The molecule has 0 spiro atoms. The molecule has 0 radical (unpaired) electrons. The van der Waals surface area contributed by atoms with Crippen molar-refractivity contribution >= 4 is 68.8 Å². The maximum absolute atomic E-state index is 13.6. The summed E-state index contributed by atoms with van der Waals surface area (Å²) in [6, 6.07) is 5.07. The average molecular weight is 866 g/mol. The number of nitrogens with zero attached hydrogens (tertiary/aromatic N) is 1. The first-order valence-corrected chi connectivity index (χ1v) is 20.8.